The predicted molar refractivity (Wildman–Crippen MR) is 68.1 cm³/mol. The molecule has 1 amide bonds. The van der Waals surface area contributed by atoms with Crippen molar-refractivity contribution >= 4 is 5.91 Å². The van der Waals surface area contributed by atoms with Gasteiger partial charge in [-0.25, -0.2) is 0 Å². The van der Waals surface area contributed by atoms with Gasteiger partial charge in [-0.3, -0.25) is 9.78 Å². The number of ether oxygens (including phenoxy) is 1. The summed E-state index contributed by atoms with van der Waals surface area (Å²) in [6, 6.07) is 3.83. The van der Waals surface area contributed by atoms with E-state index in [1.165, 1.54) is 0 Å². The largest absolute Gasteiger partial charge is 0.394 e. The Morgan fingerprint density at radius 3 is 3.06 bits per heavy atom. The fourth-order valence-corrected chi connectivity index (χ4v) is 1.46. The summed E-state index contributed by atoms with van der Waals surface area (Å²) in [4.78, 5) is 15.5. The molecule has 1 aromatic rings. The third-order valence-corrected chi connectivity index (χ3v) is 2.39. The molecule has 0 radical (unpaired) electrons. The molecule has 0 bridgehead atoms. The lowest BCUT2D eigenvalue weighted by molar-refractivity contribution is -0.121. The van der Waals surface area contributed by atoms with Crippen LogP contribution < -0.4 is 5.32 Å². The minimum atomic E-state index is 0.0392. The third-order valence-electron chi connectivity index (χ3n) is 2.39. The van der Waals surface area contributed by atoms with Gasteiger partial charge in [0.1, 0.15) is 0 Å². The van der Waals surface area contributed by atoms with Gasteiger partial charge in [0.05, 0.1) is 13.2 Å². The number of hydrogen-bond acceptors (Lipinski definition) is 4. The zero-order valence-corrected chi connectivity index (χ0v) is 10.5. The molecule has 0 saturated heterocycles. The molecule has 0 aromatic carbocycles. The van der Waals surface area contributed by atoms with E-state index in [-0.39, 0.29) is 12.5 Å². The summed E-state index contributed by atoms with van der Waals surface area (Å²) in [5.41, 5.74) is 1.07. The van der Waals surface area contributed by atoms with E-state index in [1.807, 2.05) is 12.1 Å². The van der Waals surface area contributed by atoms with Crippen LogP contribution in [-0.4, -0.2) is 42.4 Å². The Morgan fingerprint density at radius 1 is 1.44 bits per heavy atom. The highest BCUT2D eigenvalue weighted by Crippen LogP contribution is 1.99. The first-order chi connectivity index (χ1) is 8.83. The van der Waals surface area contributed by atoms with Gasteiger partial charge in [-0.15, -0.1) is 0 Å². The molecule has 18 heavy (non-hydrogen) atoms. The van der Waals surface area contributed by atoms with E-state index in [4.69, 9.17) is 9.84 Å². The highest BCUT2D eigenvalue weighted by molar-refractivity contribution is 5.76. The van der Waals surface area contributed by atoms with E-state index in [9.17, 15) is 4.79 Å². The average molecular weight is 252 g/mol. The number of nitrogens with zero attached hydrogens (tertiary/aromatic N) is 1. The van der Waals surface area contributed by atoms with Crippen LogP contribution in [0.2, 0.25) is 0 Å². The van der Waals surface area contributed by atoms with Crippen molar-refractivity contribution in [3.05, 3.63) is 30.1 Å². The smallest absolute Gasteiger partial charge is 0.220 e. The number of rotatable bonds is 9. The molecule has 5 nitrogen and oxygen atoms in total. The fraction of sp³-hybridized carbons (Fsp3) is 0.538. The van der Waals surface area contributed by atoms with Gasteiger partial charge >= 0.3 is 0 Å². The molecule has 0 aliphatic heterocycles. The van der Waals surface area contributed by atoms with E-state index in [2.05, 4.69) is 10.3 Å². The van der Waals surface area contributed by atoms with Gasteiger partial charge in [0.15, 0.2) is 0 Å². The van der Waals surface area contributed by atoms with Crippen molar-refractivity contribution < 1.29 is 14.6 Å². The lowest BCUT2D eigenvalue weighted by Gasteiger charge is -2.05. The number of nitrogens with one attached hydrogen (secondary N) is 1. The third kappa shape index (κ3) is 6.98. The summed E-state index contributed by atoms with van der Waals surface area (Å²) in [7, 11) is 0. The summed E-state index contributed by atoms with van der Waals surface area (Å²) in [6.07, 6.45) is 5.44. The summed E-state index contributed by atoms with van der Waals surface area (Å²) in [6.45, 7) is 1.56. The van der Waals surface area contributed by atoms with Gasteiger partial charge in [0.25, 0.3) is 0 Å². The standard InChI is InChI=1S/C13H20N2O3/c16-8-10-18-9-2-7-15-13(17)5-4-12-3-1-6-14-11-12/h1,3,6,11,16H,2,4-5,7-10H2,(H,15,17). The second kappa shape index (κ2) is 9.56. The second-order valence-electron chi connectivity index (χ2n) is 3.90. The van der Waals surface area contributed by atoms with Crippen LogP contribution in [0.4, 0.5) is 0 Å². The Hall–Kier alpha value is -1.46. The second-order valence-corrected chi connectivity index (χ2v) is 3.90. The number of hydrogen-bond donors (Lipinski definition) is 2. The van der Waals surface area contributed by atoms with Crippen LogP contribution in [-0.2, 0) is 16.0 Å². The Balaban J connectivity index is 2.01. The average Bonchev–Trinajstić information content (AvgIpc) is 2.41. The van der Waals surface area contributed by atoms with Crippen LogP contribution in [0.25, 0.3) is 0 Å². The number of amides is 1. The molecule has 1 heterocycles. The minimum absolute atomic E-state index is 0.0392. The van der Waals surface area contributed by atoms with E-state index in [0.29, 0.717) is 32.6 Å². The number of aryl methyl sites for hydroxylation is 1. The summed E-state index contributed by atoms with van der Waals surface area (Å²) in [5.74, 6) is 0.0426. The summed E-state index contributed by atoms with van der Waals surface area (Å²) < 4.78 is 5.08. The fourth-order valence-electron chi connectivity index (χ4n) is 1.46. The molecule has 0 atom stereocenters. The van der Waals surface area contributed by atoms with Crippen LogP contribution >= 0.6 is 0 Å². The molecule has 0 spiro atoms. The number of pyridine rings is 1. The number of carbonyl (C=O) groups is 1. The quantitative estimate of drug-likeness (QED) is 0.629. The first-order valence-electron chi connectivity index (χ1n) is 6.17. The first kappa shape index (κ1) is 14.6. The molecule has 0 saturated carbocycles. The zero-order valence-electron chi connectivity index (χ0n) is 10.5. The van der Waals surface area contributed by atoms with Crippen LogP contribution in [0.15, 0.2) is 24.5 Å². The van der Waals surface area contributed by atoms with E-state index >= 15 is 0 Å². The lowest BCUT2D eigenvalue weighted by Crippen LogP contribution is -2.25. The van der Waals surface area contributed by atoms with Gasteiger partial charge in [-0.1, -0.05) is 6.07 Å². The molecule has 5 heteroatoms. The van der Waals surface area contributed by atoms with Gasteiger partial charge < -0.3 is 15.2 Å². The van der Waals surface area contributed by atoms with Gasteiger partial charge in [-0.05, 0) is 24.5 Å². The predicted octanol–water partition coefficient (Wildman–Crippen LogP) is 0.529. The molecule has 0 fully saturated rings. The number of aromatic nitrogens is 1. The SMILES string of the molecule is O=C(CCc1cccnc1)NCCCOCCO. The Labute approximate surface area is 107 Å². The van der Waals surface area contributed by atoms with Gasteiger partial charge in [-0.2, -0.15) is 0 Å². The van der Waals surface area contributed by atoms with Gasteiger partial charge in [0, 0.05) is 32.0 Å². The highest BCUT2D eigenvalue weighted by atomic mass is 16.5. The molecule has 0 unspecified atom stereocenters. The maximum Gasteiger partial charge on any atom is 0.220 e. The van der Waals surface area contributed by atoms with Crippen molar-refractivity contribution in [2.75, 3.05) is 26.4 Å². The van der Waals surface area contributed by atoms with E-state index < -0.39 is 0 Å². The van der Waals surface area contributed by atoms with Crippen LogP contribution in [0, 0.1) is 0 Å². The molecular weight excluding hydrogens is 232 g/mol. The summed E-state index contributed by atoms with van der Waals surface area (Å²) >= 11 is 0. The molecule has 0 aliphatic rings. The Morgan fingerprint density at radius 2 is 2.33 bits per heavy atom. The zero-order chi connectivity index (χ0) is 13.1. The molecule has 1 aromatic heterocycles. The number of aliphatic hydroxyl groups is 1. The van der Waals surface area contributed by atoms with E-state index in [1.54, 1.807) is 12.4 Å². The molecule has 2 N–H and O–H groups in total. The number of aliphatic hydroxyl groups excluding tert-OH is 1. The highest BCUT2D eigenvalue weighted by Gasteiger charge is 2.01. The molecule has 100 valence electrons. The van der Waals surface area contributed by atoms with Crippen molar-refractivity contribution in [1.82, 2.24) is 10.3 Å². The van der Waals surface area contributed by atoms with Crippen molar-refractivity contribution in [2.24, 2.45) is 0 Å². The molecule has 0 aliphatic carbocycles. The first-order valence-corrected chi connectivity index (χ1v) is 6.17. The Bertz CT molecular complexity index is 330. The molecule has 1 rings (SSSR count). The van der Waals surface area contributed by atoms with Crippen molar-refractivity contribution in [3.8, 4) is 0 Å². The molecular formula is C13H20N2O3. The number of carbonyl (C=O) groups excluding carboxylic acids is 1. The monoisotopic (exact) mass is 252 g/mol. The van der Waals surface area contributed by atoms with Crippen LogP contribution in [0.3, 0.4) is 0 Å². The van der Waals surface area contributed by atoms with Crippen LogP contribution in [0.1, 0.15) is 18.4 Å². The van der Waals surface area contributed by atoms with Crippen molar-refractivity contribution in [3.63, 3.8) is 0 Å². The Kier molecular flexibility index (Phi) is 7.75. The maximum absolute atomic E-state index is 11.5. The van der Waals surface area contributed by atoms with Crippen molar-refractivity contribution in [2.45, 2.75) is 19.3 Å². The minimum Gasteiger partial charge on any atom is -0.394 e. The van der Waals surface area contributed by atoms with Crippen LogP contribution in [0.5, 0.6) is 0 Å². The normalized spacial score (nSPS) is 10.3. The van der Waals surface area contributed by atoms with E-state index in [0.717, 1.165) is 12.0 Å². The lowest BCUT2D eigenvalue weighted by atomic mass is 10.1. The van der Waals surface area contributed by atoms with Gasteiger partial charge in [0.2, 0.25) is 5.91 Å². The van der Waals surface area contributed by atoms with Crippen molar-refractivity contribution in [1.29, 1.82) is 0 Å². The maximum atomic E-state index is 11.5. The topological polar surface area (TPSA) is 71.5 Å². The summed E-state index contributed by atoms with van der Waals surface area (Å²) in [5, 5.41) is 11.3.